The molecule has 13 heteroatoms. The molecule has 2 aromatic carbocycles. The van der Waals surface area contributed by atoms with Crippen LogP contribution < -0.4 is 13.7 Å². The van der Waals surface area contributed by atoms with Crippen molar-refractivity contribution in [1.82, 2.24) is 4.72 Å². The van der Waals surface area contributed by atoms with Crippen molar-refractivity contribution in [1.29, 1.82) is 0 Å². The lowest BCUT2D eigenvalue weighted by Crippen LogP contribution is -2.30. The number of anilines is 2. The Labute approximate surface area is 158 Å². The molecule has 3 rings (SSSR count). The number of hydrogen-bond donors (Lipinski definition) is 3. The summed E-state index contributed by atoms with van der Waals surface area (Å²) < 4.78 is 66.6. The molecular formula is C14H11ClFN3O6S2. The Morgan fingerprint density at radius 1 is 1.22 bits per heavy atom. The first-order valence-electron chi connectivity index (χ1n) is 7.14. The molecule has 0 aromatic heterocycles. The normalized spacial score (nSPS) is 16.2. The lowest BCUT2D eigenvalue weighted by Gasteiger charge is -2.18. The summed E-state index contributed by atoms with van der Waals surface area (Å²) in [4.78, 5) is 11.1. The highest BCUT2D eigenvalue weighted by atomic mass is 35.5. The maximum atomic E-state index is 14.4. The molecule has 3 N–H and O–H groups in total. The Hall–Kier alpha value is -2.57. The number of hydrogen-bond acceptors (Lipinski definition) is 6. The zero-order chi connectivity index (χ0) is 20.0. The molecule has 2 aromatic rings. The molecule has 0 radical (unpaired) electrons. The van der Waals surface area contributed by atoms with Gasteiger partial charge < -0.3 is 5.11 Å². The van der Waals surface area contributed by atoms with Crippen LogP contribution in [0, 0.1) is 5.82 Å². The predicted octanol–water partition coefficient (Wildman–Crippen LogP) is 1.17. The number of carbonyl (C=O) groups is 1. The molecule has 9 nitrogen and oxygen atoms in total. The van der Waals surface area contributed by atoms with Crippen LogP contribution in [0.4, 0.5) is 15.8 Å². The summed E-state index contributed by atoms with van der Waals surface area (Å²) in [6.45, 7) is -0.720. The zero-order valence-electron chi connectivity index (χ0n) is 13.2. The average molecular weight is 436 g/mol. The molecule has 1 amide bonds. The molecule has 1 fully saturated rings. The van der Waals surface area contributed by atoms with E-state index in [1.54, 1.807) is 4.72 Å². The average Bonchev–Trinajstić information content (AvgIpc) is 2.79. The van der Waals surface area contributed by atoms with Gasteiger partial charge in [0.1, 0.15) is 18.0 Å². The molecule has 1 heterocycles. The fraction of sp³-hybridized carbons (Fsp3) is 0.0714. The van der Waals surface area contributed by atoms with E-state index in [9.17, 15) is 31.1 Å². The fourth-order valence-electron chi connectivity index (χ4n) is 2.36. The van der Waals surface area contributed by atoms with Gasteiger partial charge in [0.05, 0.1) is 10.6 Å². The molecule has 0 spiro atoms. The quantitative estimate of drug-likeness (QED) is 0.660. The molecular weight excluding hydrogens is 425 g/mol. The summed E-state index contributed by atoms with van der Waals surface area (Å²) in [6.07, 6.45) is 0. The van der Waals surface area contributed by atoms with Crippen LogP contribution in [-0.4, -0.2) is 34.4 Å². The summed E-state index contributed by atoms with van der Waals surface area (Å²) in [5, 5.41) is 10.3. The summed E-state index contributed by atoms with van der Waals surface area (Å²) in [5.74, 6) is -3.02. The van der Waals surface area contributed by atoms with E-state index in [2.05, 4.69) is 4.72 Å². The first kappa shape index (κ1) is 19.2. The van der Waals surface area contributed by atoms with Gasteiger partial charge in [-0.05, 0) is 24.3 Å². The van der Waals surface area contributed by atoms with Crippen molar-refractivity contribution < 1.29 is 31.1 Å². The monoisotopic (exact) mass is 435 g/mol. The summed E-state index contributed by atoms with van der Waals surface area (Å²) >= 11 is 5.70. The van der Waals surface area contributed by atoms with Gasteiger partial charge in [-0.1, -0.05) is 11.6 Å². The Bertz CT molecular complexity index is 1110. The van der Waals surface area contributed by atoms with Gasteiger partial charge in [0.15, 0.2) is 5.82 Å². The van der Waals surface area contributed by atoms with Crippen LogP contribution in [0.25, 0.3) is 0 Å². The highest BCUT2D eigenvalue weighted by Gasteiger charge is 2.37. The van der Waals surface area contributed by atoms with Crippen molar-refractivity contribution in [2.24, 2.45) is 0 Å². The van der Waals surface area contributed by atoms with Gasteiger partial charge >= 0.3 is 10.2 Å². The molecule has 0 atom stereocenters. The van der Waals surface area contributed by atoms with Gasteiger partial charge in [-0.2, -0.15) is 8.42 Å². The molecule has 27 heavy (non-hydrogen) atoms. The predicted molar refractivity (Wildman–Crippen MR) is 94.7 cm³/mol. The van der Waals surface area contributed by atoms with Crippen LogP contribution in [0.1, 0.15) is 0 Å². The Kier molecular flexibility index (Phi) is 4.66. The van der Waals surface area contributed by atoms with Gasteiger partial charge in [-0.25, -0.2) is 21.8 Å². The highest BCUT2D eigenvalue weighted by molar-refractivity contribution is 7.92. The number of phenolic OH excluding ortho intramolecular Hbond substituents is 1. The molecule has 1 saturated heterocycles. The zero-order valence-corrected chi connectivity index (χ0v) is 15.6. The molecule has 144 valence electrons. The topological polar surface area (TPSA) is 133 Å². The minimum atomic E-state index is -4.35. The van der Waals surface area contributed by atoms with Gasteiger partial charge in [-0.3, -0.25) is 9.52 Å². The first-order valence-corrected chi connectivity index (χ1v) is 10.4. The molecule has 1 aliphatic heterocycles. The third kappa shape index (κ3) is 3.77. The van der Waals surface area contributed by atoms with E-state index < -0.39 is 49.9 Å². The third-order valence-corrected chi connectivity index (χ3v) is 6.52. The van der Waals surface area contributed by atoms with E-state index in [0.29, 0.717) is 15.4 Å². The molecule has 0 aliphatic carbocycles. The van der Waals surface area contributed by atoms with Crippen LogP contribution in [0.15, 0.2) is 41.3 Å². The van der Waals surface area contributed by atoms with Crippen LogP contribution in [0.5, 0.6) is 5.75 Å². The summed E-state index contributed by atoms with van der Waals surface area (Å²) in [7, 11) is -8.46. The van der Waals surface area contributed by atoms with Crippen molar-refractivity contribution in [2.75, 3.05) is 15.6 Å². The second-order valence-electron chi connectivity index (χ2n) is 5.42. The van der Waals surface area contributed by atoms with Crippen molar-refractivity contribution in [3.63, 3.8) is 0 Å². The van der Waals surface area contributed by atoms with Crippen LogP contribution in [0.2, 0.25) is 5.02 Å². The smallest absolute Gasteiger partial charge is 0.326 e. The lowest BCUT2D eigenvalue weighted by atomic mass is 10.2. The highest BCUT2D eigenvalue weighted by Crippen LogP contribution is 2.36. The van der Waals surface area contributed by atoms with Crippen molar-refractivity contribution in [3.05, 3.63) is 47.2 Å². The van der Waals surface area contributed by atoms with E-state index >= 15 is 0 Å². The number of carbonyl (C=O) groups excluding carboxylic acids is 1. The number of phenols is 1. The SMILES string of the molecule is O=C1CN(c2c(O)cc(NS(=O)(=O)c3ccc(Cl)cc3)cc2F)S(=O)(=O)N1. The minimum absolute atomic E-state index is 0.159. The molecule has 1 aliphatic rings. The van der Waals surface area contributed by atoms with Gasteiger partial charge in [0.25, 0.3) is 15.9 Å². The van der Waals surface area contributed by atoms with E-state index in [-0.39, 0.29) is 10.6 Å². The van der Waals surface area contributed by atoms with Gasteiger partial charge in [-0.15, -0.1) is 0 Å². The number of rotatable bonds is 4. The molecule has 0 saturated carbocycles. The van der Waals surface area contributed by atoms with Crippen LogP contribution in [0.3, 0.4) is 0 Å². The van der Waals surface area contributed by atoms with Crippen molar-refractivity contribution in [3.8, 4) is 5.75 Å². The number of aromatic hydroxyl groups is 1. The lowest BCUT2D eigenvalue weighted by molar-refractivity contribution is -0.117. The standard InChI is InChI=1S/C14H11ClFN3O6S2/c15-8-1-3-10(4-2-8)26(22,23)17-9-5-11(16)14(12(20)6-9)19-7-13(21)18-27(19,24)25/h1-6,17,20H,7H2,(H,18,21). The first-order chi connectivity index (χ1) is 12.5. The largest absolute Gasteiger partial charge is 0.506 e. The number of amides is 1. The maximum Gasteiger partial charge on any atom is 0.326 e. The maximum absolute atomic E-state index is 14.4. The number of nitrogens with zero attached hydrogens (tertiary/aromatic N) is 1. The van der Waals surface area contributed by atoms with Gasteiger partial charge in [0.2, 0.25) is 0 Å². The summed E-state index contributed by atoms with van der Waals surface area (Å²) in [6, 6.07) is 6.65. The van der Waals surface area contributed by atoms with E-state index in [4.69, 9.17) is 11.6 Å². The Balaban J connectivity index is 1.96. The third-order valence-electron chi connectivity index (χ3n) is 3.49. The fourth-order valence-corrected chi connectivity index (χ4v) is 4.70. The molecule has 0 bridgehead atoms. The number of sulfonamides is 1. The van der Waals surface area contributed by atoms with Gasteiger partial charge in [0, 0.05) is 17.2 Å². The van der Waals surface area contributed by atoms with E-state index in [0.717, 1.165) is 6.07 Å². The van der Waals surface area contributed by atoms with Crippen LogP contribution in [-0.2, 0) is 25.0 Å². The number of halogens is 2. The second kappa shape index (κ2) is 6.55. The Morgan fingerprint density at radius 2 is 1.85 bits per heavy atom. The Morgan fingerprint density at radius 3 is 2.37 bits per heavy atom. The number of nitrogens with one attached hydrogen (secondary N) is 2. The molecule has 0 unspecified atom stereocenters. The number of benzene rings is 2. The van der Waals surface area contributed by atoms with Crippen molar-refractivity contribution >= 4 is 49.1 Å². The van der Waals surface area contributed by atoms with E-state index in [1.165, 1.54) is 24.3 Å². The van der Waals surface area contributed by atoms with E-state index in [1.807, 2.05) is 0 Å². The van der Waals surface area contributed by atoms with Crippen molar-refractivity contribution in [2.45, 2.75) is 4.90 Å². The summed E-state index contributed by atoms with van der Waals surface area (Å²) in [5.41, 5.74) is -1.12. The second-order valence-corrected chi connectivity index (χ2v) is 9.14. The minimum Gasteiger partial charge on any atom is -0.506 e. The van der Waals surface area contributed by atoms with Crippen LogP contribution >= 0.6 is 11.6 Å².